The van der Waals surface area contributed by atoms with Crippen molar-refractivity contribution in [3.05, 3.63) is 29.8 Å². The van der Waals surface area contributed by atoms with E-state index in [1.54, 1.807) is 14.0 Å². The number of carboxylic acids is 1. The number of amides is 2. The third kappa shape index (κ3) is 6.16. The van der Waals surface area contributed by atoms with Gasteiger partial charge in [-0.2, -0.15) is 0 Å². The Bertz CT molecular complexity index is 473. The van der Waals surface area contributed by atoms with Crippen LogP contribution in [0.1, 0.15) is 31.9 Å². The highest BCUT2D eigenvalue weighted by Crippen LogP contribution is 2.17. The van der Waals surface area contributed by atoms with Gasteiger partial charge in [-0.3, -0.25) is 4.79 Å². The second kappa shape index (κ2) is 8.14. The first-order valence-corrected chi connectivity index (χ1v) is 6.82. The molecular formula is C15H22N2O4. The number of hydrogen-bond acceptors (Lipinski definition) is 3. The lowest BCUT2D eigenvalue weighted by atomic mass is 10.1. The van der Waals surface area contributed by atoms with E-state index in [9.17, 15) is 9.59 Å². The second-order valence-electron chi connectivity index (χ2n) is 5.05. The molecule has 1 aromatic rings. The van der Waals surface area contributed by atoms with Gasteiger partial charge in [0.1, 0.15) is 5.75 Å². The SMILES string of the molecule is COc1ccc(C(C)NC(=O)NCC(C)CC(=O)O)cc1. The van der Waals surface area contributed by atoms with Crippen molar-refractivity contribution in [1.29, 1.82) is 0 Å². The first-order valence-electron chi connectivity index (χ1n) is 6.82. The normalized spacial score (nSPS) is 13.1. The van der Waals surface area contributed by atoms with Crippen molar-refractivity contribution in [3.8, 4) is 5.75 Å². The summed E-state index contributed by atoms with van der Waals surface area (Å²) in [5.41, 5.74) is 0.963. The lowest BCUT2D eigenvalue weighted by Gasteiger charge is -2.16. The number of nitrogens with one attached hydrogen (secondary N) is 2. The highest BCUT2D eigenvalue weighted by atomic mass is 16.5. The highest BCUT2D eigenvalue weighted by Gasteiger charge is 2.12. The molecule has 3 N–H and O–H groups in total. The van der Waals surface area contributed by atoms with Crippen molar-refractivity contribution < 1.29 is 19.4 Å². The summed E-state index contributed by atoms with van der Waals surface area (Å²) in [4.78, 5) is 22.3. The van der Waals surface area contributed by atoms with Crippen molar-refractivity contribution in [2.45, 2.75) is 26.3 Å². The van der Waals surface area contributed by atoms with E-state index in [4.69, 9.17) is 9.84 Å². The molecule has 0 aliphatic carbocycles. The monoisotopic (exact) mass is 294 g/mol. The quantitative estimate of drug-likeness (QED) is 0.719. The highest BCUT2D eigenvalue weighted by molar-refractivity contribution is 5.74. The number of methoxy groups -OCH3 is 1. The van der Waals surface area contributed by atoms with Gasteiger partial charge in [-0.25, -0.2) is 4.79 Å². The number of rotatable bonds is 7. The van der Waals surface area contributed by atoms with E-state index in [1.807, 2.05) is 31.2 Å². The summed E-state index contributed by atoms with van der Waals surface area (Å²) in [6, 6.07) is 6.98. The maximum Gasteiger partial charge on any atom is 0.315 e. The van der Waals surface area contributed by atoms with Gasteiger partial charge in [-0.05, 0) is 30.5 Å². The number of hydrogen-bond donors (Lipinski definition) is 3. The fourth-order valence-corrected chi connectivity index (χ4v) is 1.86. The zero-order valence-electron chi connectivity index (χ0n) is 12.6. The Kier molecular flexibility index (Phi) is 6.52. The van der Waals surface area contributed by atoms with E-state index >= 15 is 0 Å². The third-order valence-corrected chi connectivity index (χ3v) is 3.10. The Labute approximate surface area is 124 Å². The van der Waals surface area contributed by atoms with Crippen molar-refractivity contribution in [2.24, 2.45) is 5.92 Å². The van der Waals surface area contributed by atoms with Crippen molar-refractivity contribution in [2.75, 3.05) is 13.7 Å². The molecule has 2 atom stereocenters. The molecule has 2 amide bonds. The van der Waals surface area contributed by atoms with E-state index in [1.165, 1.54) is 0 Å². The van der Waals surface area contributed by atoms with Crippen LogP contribution in [0.5, 0.6) is 5.75 Å². The molecule has 0 saturated carbocycles. The van der Waals surface area contributed by atoms with E-state index in [-0.39, 0.29) is 24.4 Å². The number of carboxylic acid groups (broad SMARTS) is 1. The first-order chi connectivity index (χ1) is 9.92. The van der Waals surface area contributed by atoms with E-state index in [0.29, 0.717) is 6.54 Å². The number of urea groups is 1. The minimum Gasteiger partial charge on any atom is -0.497 e. The van der Waals surface area contributed by atoms with Crippen LogP contribution in [0.2, 0.25) is 0 Å². The third-order valence-electron chi connectivity index (χ3n) is 3.10. The van der Waals surface area contributed by atoms with Gasteiger partial charge in [0, 0.05) is 13.0 Å². The lowest BCUT2D eigenvalue weighted by Crippen LogP contribution is -2.39. The van der Waals surface area contributed by atoms with Gasteiger partial charge in [0.25, 0.3) is 0 Å². The Hall–Kier alpha value is -2.24. The molecule has 0 bridgehead atoms. The van der Waals surface area contributed by atoms with Crippen LogP contribution < -0.4 is 15.4 Å². The van der Waals surface area contributed by atoms with E-state index in [0.717, 1.165) is 11.3 Å². The molecule has 1 aromatic carbocycles. The summed E-state index contributed by atoms with van der Waals surface area (Å²) in [6.07, 6.45) is 0.0360. The van der Waals surface area contributed by atoms with Gasteiger partial charge >= 0.3 is 12.0 Å². The fraction of sp³-hybridized carbons (Fsp3) is 0.467. The summed E-state index contributed by atoms with van der Waals surface area (Å²) in [6.45, 7) is 3.98. The standard InChI is InChI=1S/C15H22N2O4/c1-10(8-14(18)19)9-16-15(20)17-11(2)12-4-6-13(21-3)7-5-12/h4-7,10-11H,8-9H2,1-3H3,(H,18,19)(H2,16,17,20). The molecule has 0 aromatic heterocycles. The molecule has 0 aliphatic rings. The van der Waals surface area contributed by atoms with Gasteiger partial charge in [-0.1, -0.05) is 19.1 Å². The average molecular weight is 294 g/mol. The van der Waals surface area contributed by atoms with Gasteiger partial charge in [0.05, 0.1) is 13.2 Å². The summed E-state index contributed by atoms with van der Waals surface area (Å²) in [7, 11) is 1.60. The van der Waals surface area contributed by atoms with Crippen molar-refractivity contribution in [3.63, 3.8) is 0 Å². The number of aliphatic carboxylic acids is 1. The molecule has 0 heterocycles. The first kappa shape index (κ1) is 16.8. The molecule has 0 fully saturated rings. The van der Waals surface area contributed by atoms with Gasteiger partial charge in [0.2, 0.25) is 0 Å². The maximum absolute atomic E-state index is 11.7. The number of benzene rings is 1. The predicted molar refractivity (Wildman–Crippen MR) is 79.4 cm³/mol. The number of carbonyl (C=O) groups is 2. The van der Waals surface area contributed by atoms with Crippen LogP contribution in [0, 0.1) is 5.92 Å². The summed E-state index contributed by atoms with van der Waals surface area (Å²) < 4.78 is 5.08. The smallest absolute Gasteiger partial charge is 0.315 e. The molecule has 0 radical (unpaired) electrons. The Morgan fingerprint density at radius 2 is 1.86 bits per heavy atom. The predicted octanol–water partition coefficient (Wildman–Crippen LogP) is 2.17. The Morgan fingerprint density at radius 3 is 2.38 bits per heavy atom. The second-order valence-corrected chi connectivity index (χ2v) is 5.05. The Morgan fingerprint density at radius 1 is 1.24 bits per heavy atom. The molecule has 0 aliphatic heterocycles. The molecule has 6 heteroatoms. The van der Waals surface area contributed by atoms with Gasteiger partial charge in [-0.15, -0.1) is 0 Å². The van der Waals surface area contributed by atoms with E-state index in [2.05, 4.69) is 10.6 Å². The van der Waals surface area contributed by atoms with E-state index < -0.39 is 5.97 Å². The van der Waals surface area contributed by atoms with Crippen LogP contribution in [-0.2, 0) is 4.79 Å². The fourth-order valence-electron chi connectivity index (χ4n) is 1.86. The minimum atomic E-state index is -0.865. The zero-order chi connectivity index (χ0) is 15.8. The molecule has 6 nitrogen and oxygen atoms in total. The van der Waals surface area contributed by atoms with Crippen molar-refractivity contribution >= 4 is 12.0 Å². The average Bonchev–Trinajstić information content (AvgIpc) is 2.44. The number of ether oxygens (including phenoxy) is 1. The molecule has 21 heavy (non-hydrogen) atoms. The van der Waals surface area contributed by atoms with Crippen LogP contribution >= 0.6 is 0 Å². The largest absolute Gasteiger partial charge is 0.497 e. The molecule has 1 rings (SSSR count). The van der Waals surface area contributed by atoms with Gasteiger partial charge < -0.3 is 20.5 Å². The van der Waals surface area contributed by atoms with Crippen LogP contribution in [-0.4, -0.2) is 30.8 Å². The summed E-state index contributed by atoms with van der Waals surface area (Å²) in [5, 5.41) is 14.1. The van der Waals surface area contributed by atoms with Crippen LogP contribution in [0.25, 0.3) is 0 Å². The zero-order valence-corrected chi connectivity index (χ0v) is 12.6. The van der Waals surface area contributed by atoms with Crippen LogP contribution in [0.15, 0.2) is 24.3 Å². The molecular weight excluding hydrogens is 272 g/mol. The molecule has 0 saturated heterocycles. The van der Waals surface area contributed by atoms with Gasteiger partial charge in [0.15, 0.2) is 0 Å². The van der Waals surface area contributed by atoms with Crippen molar-refractivity contribution in [1.82, 2.24) is 10.6 Å². The lowest BCUT2D eigenvalue weighted by molar-refractivity contribution is -0.137. The summed E-state index contributed by atoms with van der Waals surface area (Å²) in [5.74, 6) is -0.209. The minimum absolute atomic E-state index is 0.0360. The Balaban J connectivity index is 2.40. The molecule has 2 unspecified atom stereocenters. The molecule has 116 valence electrons. The maximum atomic E-state index is 11.7. The molecule has 0 spiro atoms. The van der Waals surface area contributed by atoms with Crippen LogP contribution in [0.3, 0.4) is 0 Å². The topological polar surface area (TPSA) is 87.7 Å². The van der Waals surface area contributed by atoms with Crippen LogP contribution in [0.4, 0.5) is 4.79 Å². The number of carbonyl (C=O) groups excluding carboxylic acids is 1. The summed E-state index contributed by atoms with van der Waals surface area (Å²) >= 11 is 0.